The second kappa shape index (κ2) is 6.04. The van der Waals surface area contributed by atoms with E-state index in [0.717, 1.165) is 6.42 Å². The van der Waals surface area contributed by atoms with E-state index in [9.17, 15) is 9.18 Å². The molecule has 10 heteroatoms. The van der Waals surface area contributed by atoms with Gasteiger partial charge in [-0.2, -0.15) is 4.98 Å². The number of pyridine rings is 1. The maximum Gasteiger partial charge on any atom is 0.408 e. The highest BCUT2D eigenvalue weighted by Crippen LogP contribution is 2.51. The van der Waals surface area contributed by atoms with E-state index in [1.165, 1.54) is 6.20 Å². The zero-order chi connectivity index (χ0) is 19.6. The van der Waals surface area contributed by atoms with Gasteiger partial charge in [0.2, 0.25) is 5.28 Å². The highest BCUT2D eigenvalue weighted by atomic mass is 35.5. The van der Waals surface area contributed by atoms with E-state index in [0.29, 0.717) is 24.3 Å². The van der Waals surface area contributed by atoms with Crippen molar-refractivity contribution < 1.29 is 13.9 Å². The van der Waals surface area contributed by atoms with Gasteiger partial charge in [-0.05, 0) is 38.8 Å². The average Bonchev–Trinajstić information content (AvgIpc) is 3.08. The van der Waals surface area contributed by atoms with Gasteiger partial charge in [-0.15, -0.1) is 0 Å². The monoisotopic (exact) mass is 413 g/mol. The molecule has 0 spiro atoms. The summed E-state index contributed by atoms with van der Waals surface area (Å²) in [5, 5.41) is 3.06. The van der Waals surface area contributed by atoms with Crippen molar-refractivity contribution in [2.24, 2.45) is 5.92 Å². The van der Waals surface area contributed by atoms with Gasteiger partial charge in [0.1, 0.15) is 16.9 Å². The molecule has 0 aromatic carbocycles. The third kappa shape index (κ3) is 3.36. The second-order valence-electron chi connectivity index (χ2n) is 8.01. The third-order valence-electron chi connectivity index (χ3n) is 4.79. The molecule has 0 radical (unpaired) electrons. The number of aromatic nitrogens is 3. The van der Waals surface area contributed by atoms with Crippen LogP contribution in [-0.2, 0) is 4.74 Å². The molecule has 1 saturated heterocycles. The summed E-state index contributed by atoms with van der Waals surface area (Å²) in [5.41, 5.74) is -0.910. The number of amides is 1. The molecular formula is C17H18Cl2FN5O2. The lowest BCUT2D eigenvalue weighted by Gasteiger charge is -2.25. The van der Waals surface area contributed by atoms with Gasteiger partial charge in [-0.3, -0.25) is 0 Å². The van der Waals surface area contributed by atoms with Crippen molar-refractivity contribution in [2.45, 2.75) is 38.3 Å². The van der Waals surface area contributed by atoms with Crippen LogP contribution in [0.4, 0.5) is 15.0 Å². The number of nitrogens with one attached hydrogen (secondary N) is 1. The Balaban J connectivity index is 1.60. The molecule has 3 heterocycles. The fourth-order valence-corrected chi connectivity index (χ4v) is 3.88. The van der Waals surface area contributed by atoms with Gasteiger partial charge in [0.05, 0.1) is 10.9 Å². The van der Waals surface area contributed by atoms with Crippen LogP contribution in [0.1, 0.15) is 27.2 Å². The fourth-order valence-electron chi connectivity index (χ4n) is 3.58. The zero-order valence-corrected chi connectivity index (χ0v) is 16.5. The summed E-state index contributed by atoms with van der Waals surface area (Å²) in [5.74, 6) is 0.00946. The summed E-state index contributed by atoms with van der Waals surface area (Å²) >= 11 is 11.7. The maximum absolute atomic E-state index is 14.3. The SMILES string of the molecule is CC(C)(C)OC(=O)N[C@@]12C[C@H]1CN(c1nc(Cl)nc3c(F)c(Cl)ncc13)C2. The van der Waals surface area contributed by atoms with E-state index < -0.39 is 17.5 Å². The minimum Gasteiger partial charge on any atom is -0.444 e. The van der Waals surface area contributed by atoms with Crippen molar-refractivity contribution in [3.8, 4) is 0 Å². The lowest BCUT2D eigenvalue weighted by atomic mass is 10.2. The van der Waals surface area contributed by atoms with Gasteiger partial charge in [0.15, 0.2) is 11.0 Å². The Bertz CT molecular complexity index is 951. The van der Waals surface area contributed by atoms with E-state index in [4.69, 9.17) is 27.9 Å². The lowest BCUT2D eigenvalue weighted by molar-refractivity contribution is 0.0498. The molecule has 1 saturated carbocycles. The van der Waals surface area contributed by atoms with Crippen LogP contribution in [0.3, 0.4) is 0 Å². The largest absolute Gasteiger partial charge is 0.444 e. The number of rotatable bonds is 2. The number of nitrogens with zero attached hydrogens (tertiary/aromatic N) is 4. The molecule has 144 valence electrons. The summed E-state index contributed by atoms with van der Waals surface area (Å²) in [6.07, 6.45) is 1.85. The predicted octanol–water partition coefficient (Wildman–Crippen LogP) is 3.57. The molecule has 1 aliphatic carbocycles. The molecular weight excluding hydrogens is 396 g/mol. The number of halogens is 3. The van der Waals surface area contributed by atoms with Gasteiger partial charge in [0.25, 0.3) is 0 Å². The third-order valence-corrected chi connectivity index (χ3v) is 5.22. The molecule has 2 aromatic rings. The molecule has 2 aliphatic rings. The molecule has 27 heavy (non-hydrogen) atoms. The highest BCUT2D eigenvalue weighted by Gasteiger charge is 2.61. The van der Waals surface area contributed by atoms with Crippen molar-refractivity contribution in [2.75, 3.05) is 18.0 Å². The van der Waals surface area contributed by atoms with Crippen LogP contribution in [-0.4, -0.2) is 45.3 Å². The zero-order valence-electron chi connectivity index (χ0n) is 15.0. The van der Waals surface area contributed by atoms with E-state index in [1.807, 2.05) is 25.7 Å². The van der Waals surface area contributed by atoms with Crippen molar-refractivity contribution >= 4 is 46.0 Å². The Morgan fingerprint density at radius 3 is 2.85 bits per heavy atom. The standard InChI is InChI=1S/C17H18Cl2FN5O2/c1-16(2,3)27-15(26)24-17-4-8(17)6-25(7-17)13-9-5-21-12(18)10(20)11(9)22-14(19)23-13/h5,8H,4,6-7H2,1-3H3,(H,24,26)/t8-,17+/m0/s1. The Hall–Kier alpha value is -1.93. The van der Waals surface area contributed by atoms with Gasteiger partial charge < -0.3 is 15.0 Å². The number of carbonyl (C=O) groups is 1. The van der Waals surface area contributed by atoms with Crippen LogP contribution in [0.15, 0.2) is 6.20 Å². The van der Waals surface area contributed by atoms with Crippen LogP contribution in [0, 0.1) is 11.7 Å². The molecule has 1 aliphatic heterocycles. The molecule has 2 aromatic heterocycles. The summed E-state index contributed by atoms with van der Waals surface area (Å²) < 4.78 is 19.7. The lowest BCUT2D eigenvalue weighted by Crippen LogP contribution is -2.44. The van der Waals surface area contributed by atoms with Crippen molar-refractivity contribution in [3.05, 3.63) is 22.5 Å². The topological polar surface area (TPSA) is 80.2 Å². The highest BCUT2D eigenvalue weighted by molar-refractivity contribution is 6.30. The molecule has 4 rings (SSSR count). The molecule has 1 N–H and O–H groups in total. The van der Waals surface area contributed by atoms with Crippen LogP contribution in [0.5, 0.6) is 0 Å². The Labute approximate surface area is 165 Å². The summed E-state index contributed by atoms with van der Waals surface area (Å²) in [7, 11) is 0. The van der Waals surface area contributed by atoms with Crippen LogP contribution in [0.25, 0.3) is 10.9 Å². The fraction of sp³-hybridized carbons (Fsp3) is 0.529. The minimum atomic E-state index is -0.731. The van der Waals surface area contributed by atoms with Crippen molar-refractivity contribution in [1.29, 1.82) is 0 Å². The number of hydrogen-bond donors (Lipinski definition) is 1. The van der Waals surface area contributed by atoms with Crippen molar-refractivity contribution in [1.82, 2.24) is 20.3 Å². The summed E-state index contributed by atoms with van der Waals surface area (Å²) in [4.78, 5) is 26.2. The first kappa shape index (κ1) is 18.4. The molecule has 0 bridgehead atoms. The number of hydrogen-bond acceptors (Lipinski definition) is 6. The smallest absolute Gasteiger partial charge is 0.408 e. The first-order chi connectivity index (χ1) is 12.6. The average molecular weight is 414 g/mol. The molecule has 2 fully saturated rings. The maximum atomic E-state index is 14.3. The summed E-state index contributed by atoms with van der Waals surface area (Å²) in [6, 6.07) is 0. The minimum absolute atomic E-state index is 0.0275. The number of anilines is 1. The van der Waals surface area contributed by atoms with E-state index in [1.54, 1.807) is 0 Å². The number of ether oxygens (including phenoxy) is 1. The van der Waals surface area contributed by atoms with Gasteiger partial charge >= 0.3 is 6.09 Å². The van der Waals surface area contributed by atoms with Crippen molar-refractivity contribution in [3.63, 3.8) is 0 Å². The molecule has 0 unspecified atom stereocenters. The van der Waals surface area contributed by atoms with E-state index in [-0.39, 0.29) is 27.4 Å². The number of alkyl carbamates (subject to hydrolysis) is 1. The Morgan fingerprint density at radius 1 is 1.41 bits per heavy atom. The number of fused-ring (bicyclic) bond motifs is 2. The Morgan fingerprint density at radius 2 is 2.15 bits per heavy atom. The number of carbonyl (C=O) groups excluding carboxylic acids is 1. The van der Waals surface area contributed by atoms with Crippen LogP contribution >= 0.6 is 23.2 Å². The Kier molecular flexibility index (Phi) is 4.12. The van der Waals surface area contributed by atoms with Gasteiger partial charge in [-0.25, -0.2) is 19.2 Å². The van der Waals surface area contributed by atoms with Gasteiger partial charge in [0, 0.05) is 25.2 Å². The number of piperidine rings is 1. The van der Waals surface area contributed by atoms with Crippen LogP contribution < -0.4 is 10.2 Å². The first-order valence-electron chi connectivity index (χ1n) is 8.51. The second-order valence-corrected chi connectivity index (χ2v) is 8.70. The quantitative estimate of drug-likeness (QED) is 0.598. The summed E-state index contributed by atoms with van der Waals surface area (Å²) in [6.45, 7) is 6.62. The molecule has 1 amide bonds. The first-order valence-corrected chi connectivity index (χ1v) is 9.27. The molecule has 2 atom stereocenters. The van der Waals surface area contributed by atoms with Gasteiger partial charge in [-0.1, -0.05) is 11.6 Å². The van der Waals surface area contributed by atoms with E-state index >= 15 is 0 Å². The van der Waals surface area contributed by atoms with Crippen LogP contribution in [0.2, 0.25) is 10.4 Å². The predicted molar refractivity (Wildman–Crippen MR) is 99.7 cm³/mol. The molecule has 7 nitrogen and oxygen atoms in total. The van der Waals surface area contributed by atoms with E-state index in [2.05, 4.69) is 20.3 Å². The normalized spacial score (nSPS) is 24.1.